The summed E-state index contributed by atoms with van der Waals surface area (Å²) in [4.78, 5) is 2.34. The number of hydrogen-bond donors (Lipinski definition) is 1. The van der Waals surface area contributed by atoms with Gasteiger partial charge in [-0.1, -0.05) is 12.1 Å². The number of rotatable bonds is 5. The van der Waals surface area contributed by atoms with Gasteiger partial charge < -0.3 is 15.3 Å². The molecule has 0 spiro atoms. The third-order valence-electron chi connectivity index (χ3n) is 2.90. The summed E-state index contributed by atoms with van der Waals surface area (Å²) in [5.41, 5.74) is 0.905. The van der Waals surface area contributed by atoms with E-state index in [0.717, 1.165) is 44.2 Å². The fraction of sp³-hybridized carbons (Fsp3) is 0.462. The molecule has 0 unspecified atom stereocenters. The van der Waals surface area contributed by atoms with E-state index < -0.39 is 0 Å². The molecule has 1 fully saturated rings. The van der Waals surface area contributed by atoms with Crippen LogP contribution in [0.3, 0.4) is 0 Å². The van der Waals surface area contributed by atoms with Crippen molar-refractivity contribution in [3.05, 3.63) is 29.8 Å². The largest absolute Gasteiger partial charge is 0.492 e. The Morgan fingerprint density at radius 2 is 2.11 bits per heavy atom. The van der Waals surface area contributed by atoms with Crippen molar-refractivity contribution in [3.63, 3.8) is 0 Å². The first-order chi connectivity index (χ1) is 8.90. The standard InChI is InChI=1S/C13H19N3O2/c14-15-11-12-3-1-2-4-13(12)18-10-7-16-5-8-17-9-6-16/h1-4,11H,5-10,14H2. The Labute approximate surface area is 107 Å². The topological polar surface area (TPSA) is 60.1 Å². The van der Waals surface area contributed by atoms with Crippen LogP contribution in [0, 0.1) is 0 Å². The Hall–Kier alpha value is -1.59. The molecule has 1 saturated heterocycles. The third kappa shape index (κ3) is 3.72. The highest BCUT2D eigenvalue weighted by Crippen LogP contribution is 2.15. The van der Waals surface area contributed by atoms with Gasteiger partial charge in [-0.25, -0.2) is 0 Å². The number of nitrogens with zero attached hydrogens (tertiary/aromatic N) is 2. The minimum atomic E-state index is 0.662. The quantitative estimate of drug-likeness (QED) is 0.474. The Kier molecular flexibility index (Phi) is 4.99. The summed E-state index contributed by atoms with van der Waals surface area (Å²) in [7, 11) is 0. The van der Waals surface area contributed by atoms with Gasteiger partial charge in [-0.05, 0) is 12.1 Å². The monoisotopic (exact) mass is 249 g/mol. The normalized spacial score (nSPS) is 17.1. The molecule has 1 aromatic rings. The molecule has 0 atom stereocenters. The maximum atomic E-state index is 5.76. The molecule has 1 aliphatic rings. The van der Waals surface area contributed by atoms with E-state index in [9.17, 15) is 0 Å². The van der Waals surface area contributed by atoms with Gasteiger partial charge in [0.25, 0.3) is 0 Å². The van der Waals surface area contributed by atoms with Crippen LogP contribution in [0.5, 0.6) is 5.75 Å². The van der Waals surface area contributed by atoms with Crippen LogP contribution in [-0.4, -0.2) is 50.6 Å². The lowest BCUT2D eigenvalue weighted by Crippen LogP contribution is -2.38. The van der Waals surface area contributed by atoms with Crippen molar-refractivity contribution in [3.8, 4) is 5.75 Å². The lowest BCUT2D eigenvalue weighted by Gasteiger charge is -2.26. The van der Waals surface area contributed by atoms with Gasteiger partial charge in [0.1, 0.15) is 12.4 Å². The van der Waals surface area contributed by atoms with Crippen LogP contribution >= 0.6 is 0 Å². The van der Waals surface area contributed by atoms with Crippen LogP contribution in [0.4, 0.5) is 0 Å². The highest BCUT2D eigenvalue weighted by atomic mass is 16.5. The second-order valence-electron chi connectivity index (χ2n) is 4.12. The van der Waals surface area contributed by atoms with E-state index in [1.807, 2.05) is 24.3 Å². The van der Waals surface area contributed by atoms with Gasteiger partial charge in [0.15, 0.2) is 0 Å². The second-order valence-corrected chi connectivity index (χ2v) is 4.12. The van der Waals surface area contributed by atoms with E-state index in [0.29, 0.717) is 6.61 Å². The molecular formula is C13H19N3O2. The molecular weight excluding hydrogens is 230 g/mol. The zero-order chi connectivity index (χ0) is 12.6. The van der Waals surface area contributed by atoms with E-state index in [4.69, 9.17) is 15.3 Å². The van der Waals surface area contributed by atoms with Gasteiger partial charge in [-0.2, -0.15) is 5.10 Å². The third-order valence-corrected chi connectivity index (χ3v) is 2.90. The van der Waals surface area contributed by atoms with Crippen molar-refractivity contribution in [1.29, 1.82) is 0 Å². The number of benzene rings is 1. The van der Waals surface area contributed by atoms with E-state index >= 15 is 0 Å². The molecule has 0 aliphatic carbocycles. The summed E-state index contributed by atoms with van der Waals surface area (Å²) in [5, 5.41) is 3.53. The molecule has 0 amide bonds. The van der Waals surface area contributed by atoms with Crippen molar-refractivity contribution in [1.82, 2.24) is 4.90 Å². The fourth-order valence-electron chi connectivity index (χ4n) is 1.91. The molecule has 1 heterocycles. The van der Waals surface area contributed by atoms with Crippen molar-refractivity contribution in [2.45, 2.75) is 0 Å². The molecule has 18 heavy (non-hydrogen) atoms. The molecule has 1 aliphatic heterocycles. The van der Waals surface area contributed by atoms with Gasteiger partial charge >= 0.3 is 0 Å². The number of morpholine rings is 1. The Morgan fingerprint density at radius 1 is 1.33 bits per heavy atom. The van der Waals surface area contributed by atoms with Crippen LogP contribution in [0.15, 0.2) is 29.4 Å². The van der Waals surface area contributed by atoms with Crippen LogP contribution in [0.2, 0.25) is 0 Å². The van der Waals surface area contributed by atoms with E-state index in [-0.39, 0.29) is 0 Å². The Morgan fingerprint density at radius 3 is 2.89 bits per heavy atom. The van der Waals surface area contributed by atoms with E-state index in [1.54, 1.807) is 6.21 Å². The summed E-state index contributed by atoms with van der Waals surface area (Å²) in [6.45, 7) is 5.17. The summed E-state index contributed by atoms with van der Waals surface area (Å²) in [5.74, 6) is 5.99. The molecule has 98 valence electrons. The minimum Gasteiger partial charge on any atom is -0.492 e. The highest BCUT2D eigenvalue weighted by molar-refractivity contribution is 5.83. The second kappa shape index (κ2) is 6.98. The van der Waals surface area contributed by atoms with Gasteiger partial charge in [0.2, 0.25) is 0 Å². The number of hydrogen-bond acceptors (Lipinski definition) is 5. The molecule has 0 aromatic heterocycles. The smallest absolute Gasteiger partial charge is 0.128 e. The molecule has 1 aromatic carbocycles. The van der Waals surface area contributed by atoms with Crippen LogP contribution in [-0.2, 0) is 4.74 Å². The van der Waals surface area contributed by atoms with Crippen LogP contribution < -0.4 is 10.6 Å². The maximum absolute atomic E-state index is 5.76. The average molecular weight is 249 g/mol. The number of para-hydroxylation sites is 1. The summed E-state index contributed by atoms with van der Waals surface area (Å²) in [6, 6.07) is 7.74. The average Bonchev–Trinajstić information content (AvgIpc) is 2.42. The predicted molar refractivity (Wildman–Crippen MR) is 71.0 cm³/mol. The number of hydrazone groups is 1. The minimum absolute atomic E-state index is 0.662. The summed E-state index contributed by atoms with van der Waals surface area (Å²) < 4.78 is 11.1. The maximum Gasteiger partial charge on any atom is 0.128 e. The van der Waals surface area contributed by atoms with Crippen LogP contribution in [0.1, 0.15) is 5.56 Å². The molecule has 5 heteroatoms. The highest BCUT2D eigenvalue weighted by Gasteiger charge is 2.10. The fourth-order valence-corrected chi connectivity index (χ4v) is 1.91. The first-order valence-electron chi connectivity index (χ1n) is 6.15. The van der Waals surface area contributed by atoms with Gasteiger partial charge in [0.05, 0.1) is 19.4 Å². The van der Waals surface area contributed by atoms with E-state index in [1.165, 1.54) is 0 Å². The Balaban J connectivity index is 1.82. The zero-order valence-corrected chi connectivity index (χ0v) is 10.4. The summed E-state index contributed by atoms with van der Waals surface area (Å²) >= 11 is 0. The molecule has 2 N–H and O–H groups in total. The van der Waals surface area contributed by atoms with Crippen molar-refractivity contribution in [2.24, 2.45) is 10.9 Å². The predicted octanol–water partition coefficient (Wildman–Crippen LogP) is 0.690. The van der Waals surface area contributed by atoms with Gasteiger partial charge in [-0.15, -0.1) is 0 Å². The van der Waals surface area contributed by atoms with Gasteiger partial charge in [-0.3, -0.25) is 4.90 Å². The van der Waals surface area contributed by atoms with Crippen molar-refractivity contribution < 1.29 is 9.47 Å². The molecule has 0 bridgehead atoms. The number of ether oxygens (including phenoxy) is 2. The molecule has 0 saturated carbocycles. The van der Waals surface area contributed by atoms with Gasteiger partial charge in [0, 0.05) is 25.2 Å². The first-order valence-corrected chi connectivity index (χ1v) is 6.15. The van der Waals surface area contributed by atoms with Crippen molar-refractivity contribution in [2.75, 3.05) is 39.5 Å². The first kappa shape index (κ1) is 12.9. The lowest BCUT2D eigenvalue weighted by atomic mass is 10.2. The van der Waals surface area contributed by atoms with E-state index in [2.05, 4.69) is 10.0 Å². The lowest BCUT2D eigenvalue weighted by molar-refractivity contribution is 0.0322. The SMILES string of the molecule is NN=Cc1ccccc1OCCN1CCOCC1. The zero-order valence-electron chi connectivity index (χ0n) is 10.4. The molecule has 5 nitrogen and oxygen atoms in total. The Bertz CT molecular complexity index is 390. The molecule has 0 radical (unpaired) electrons. The number of nitrogens with two attached hydrogens (primary N) is 1. The van der Waals surface area contributed by atoms with Crippen LogP contribution in [0.25, 0.3) is 0 Å². The summed E-state index contributed by atoms with van der Waals surface area (Å²) in [6.07, 6.45) is 1.60. The van der Waals surface area contributed by atoms with Crippen molar-refractivity contribution >= 4 is 6.21 Å². The molecule has 2 rings (SSSR count).